The summed E-state index contributed by atoms with van der Waals surface area (Å²) in [5.74, 6) is -0.648. The average Bonchev–Trinajstić information content (AvgIpc) is 3.48. The van der Waals surface area contributed by atoms with Crippen LogP contribution in [0.4, 0.5) is 4.39 Å². The molecule has 4 heterocycles. The van der Waals surface area contributed by atoms with E-state index in [-0.39, 0.29) is 22.0 Å². The lowest BCUT2D eigenvalue weighted by atomic mass is 10.1. The minimum Gasteiger partial charge on any atom is -0.453 e. The molecule has 0 aliphatic carbocycles. The number of benzene rings is 1. The lowest BCUT2D eigenvalue weighted by molar-refractivity contribution is 0.0479. The van der Waals surface area contributed by atoms with E-state index in [0.717, 1.165) is 35.7 Å². The maximum absolute atomic E-state index is 13.7. The topological polar surface area (TPSA) is 83.2 Å². The predicted octanol–water partition coefficient (Wildman–Crippen LogP) is 4.30. The molecule has 1 aliphatic heterocycles. The Balaban J connectivity index is 1.38. The van der Waals surface area contributed by atoms with Gasteiger partial charge in [0.05, 0.1) is 5.39 Å². The van der Waals surface area contributed by atoms with Crippen LogP contribution in [0.25, 0.3) is 15.9 Å². The third kappa shape index (κ3) is 3.56. The van der Waals surface area contributed by atoms with E-state index in [0.29, 0.717) is 39.3 Å². The molecule has 0 spiro atoms. The summed E-state index contributed by atoms with van der Waals surface area (Å²) in [4.78, 5) is 43.9. The molecule has 174 valence electrons. The second-order valence-electron chi connectivity index (χ2n) is 8.42. The van der Waals surface area contributed by atoms with Gasteiger partial charge in [-0.25, -0.2) is 14.2 Å². The molecule has 1 aliphatic rings. The monoisotopic (exact) mass is 479 g/mol. The van der Waals surface area contributed by atoms with Crippen LogP contribution >= 0.6 is 11.3 Å². The van der Waals surface area contributed by atoms with Crippen molar-refractivity contribution in [3.63, 3.8) is 0 Å². The van der Waals surface area contributed by atoms with Gasteiger partial charge in [0.2, 0.25) is 5.78 Å². The minimum absolute atomic E-state index is 0.133. The molecule has 0 saturated carbocycles. The number of carbonyl (C=O) groups excluding carboxylic acids is 2. The Kier molecular flexibility index (Phi) is 5.44. The molecule has 4 aromatic rings. The van der Waals surface area contributed by atoms with Crippen molar-refractivity contribution in [2.45, 2.75) is 40.2 Å². The summed E-state index contributed by atoms with van der Waals surface area (Å²) in [5.41, 5.74) is 2.80. The summed E-state index contributed by atoms with van der Waals surface area (Å²) in [5, 5.41) is 0.438. The fourth-order valence-corrected chi connectivity index (χ4v) is 5.69. The van der Waals surface area contributed by atoms with E-state index < -0.39 is 12.6 Å². The summed E-state index contributed by atoms with van der Waals surface area (Å²) >= 11 is 1.12. The number of rotatable bonds is 5. The lowest BCUT2D eigenvalue weighted by Crippen LogP contribution is -2.20. The van der Waals surface area contributed by atoms with Gasteiger partial charge in [-0.15, -0.1) is 11.3 Å². The highest BCUT2D eigenvalue weighted by Crippen LogP contribution is 2.29. The quantitative estimate of drug-likeness (QED) is 0.315. The number of nitrogens with zero attached hydrogens (tertiary/aromatic N) is 3. The molecule has 1 aromatic carbocycles. The molecule has 0 N–H and O–H groups in total. The van der Waals surface area contributed by atoms with Gasteiger partial charge in [-0.05, 0) is 57.0 Å². The number of Topliss-reactive ketones (excluding diaryl/α,β-unsaturated/α-hetero) is 1. The summed E-state index contributed by atoms with van der Waals surface area (Å²) in [6, 6.07) is 7.82. The van der Waals surface area contributed by atoms with Crippen molar-refractivity contribution in [1.82, 2.24) is 14.1 Å². The molecule has 0 fully saturated rings. The van der Waals surface area contributed by atoms with Gasteiger partial charge in [-0.1, -0.05) is 6.07 Å². The highest BCUT2D eigenvalue weighted by molar-refractivity contribution is 7.20. The zero-order chi connectivity index (χ0) is 24.1. The Morgan fingerprint density at radius 1 is 1.21 bits per heavy atom. The summed E-state index contributed by atoms with van der Waals surface area (Å²) < 4.78 is 22.5. The number of ketones is 1. The Bertz CT molecular complexity index is 1550. The van der Waals surface area contributed by atoms with Gasteiger partial charge in [0.25, 0.3) is 5.56 Å². The Morgan fingerprint density at radius 2 is 2.00 bits per heavy atom. The average molecular weight is 480 g/mol. The SMILES string of the molecule is Cc1c(C(=O)OCC(=O)c2cc(C)n(-c3cccc(F)c3)c2C)sc2nc3n(c(=O)c12)CCC3. The first-order valence-electron chi connectivity index (χ1n) is 10.9. The van der Waals surface area contributed by atoms with Crippen molar-refractivity contribution in [2.75, 3.05) is 6.61 Å². The molecular formula is C25H22FN3O4S. The standard InChI is InChI=1S/C25H22FN3O4S/c1-13-10-18(15(3)29(13)17-7-4-6-16(26)11-17)19(30)12-33-25(32)22-14(2)21-23(34-22)27-20-8-5-9-28(20)24(21)31/h4,6-7,10-11H,5,8-9,12H2,1-3H3. The Morgan fingerprint density at radius 3 is 2.76 bits per heavy atom. The van der Waals surface area contributed by atoms with E-state index in [4.69, 9.17) is 4.74 Å². The third-order valence-electron chi connectivity index (χ3n) is 6.23. The molecule has 5 rings (SSSR count). The maximum Gasteiger partial charge on any atom is 0.349 e. The fraction of sp³-hybridized carbons (Fsp3) is 0.280. The van der Waals surface area contributed by atoms with Gasteiger partial charge in [0, 0.05) is 35.6 Å². The number of thiophene rings is 1. The largest absolute Gasteiger partial charge is 0.453 e. The molecular weight excluding hydrogens is 457 g/mol. The van der Waals surface area contributed by atoms with Crippen LogP contribution in [-0.2, 0) is 17.7 Å². The first-order valence-corrected chi connectivity index (χ1v) is 11.8. The first kappa shape index (κ1) is 22.2. The molecule has 3 aromatic heterocycles. The van der Waals surface area contributed by atoms with Crippen molar-refractivity contribution in [3.05, 3.63) is 79.7 Å². The van der Waals surface area contributed by atoms with E-state index in [1.165, 1.54) is 12.1 Å². The second kappa shape index (κ2) is 8.32. The number of aromatic nitrogens is 3. The summed E-state index contributed by atoms with van der Waals surface area (Å²) in [6.07, 6.45) is 1.62. The molecule has 0 bridgehead atoms. The zero-order valence-corrected chi connectivity index (χ0v) is 19.8. The van der Waals surface area contributed by atoms with Crippen LogP contribution in [0, 0.1) is 26.6 Å². The van der Waals surface area contributed by atoms with Crippen LogP contribution in [0.1, 0.15) is 49.2 Å². The van der Waals surface area contributed by atoms with Gasteiger partial charge in [0.1, 0.15) is 21.3 Å². The number of esters is 1. The van der Waals surface area contributed by atoms with Crippen molar-refractivity contribution in [1.29, 1.82) is 0 Å². The molecule has 0 radical (unpaired) electrons. The van der Waals surface area contributed by atoms with Crippen molar-refractivity contribution in [2.24, 2.45) is 0 Å². The number of aryl methyl sites for hydroxylation is 3. The second-order valence-corrected chi connectivity index (χ2v) is 9.42. The number of hydrogen-bond acceptors (Lipinski definition) is 6. The highest BCUT2D eigenvalue weighted by Gasteiger charge is 2.25. The molecule has 7 nitrogen and oxygen atoms in total. The van der Waals surface area contributed by atoms with E-state index in [1.807, 2.05) is 6.92 Å². The van der Waals surface area contributed by atoms with Crippen LogP contribution in [0.15, 0.2) is 35.1 Å². The van der Waals surface area contributed by atoms with E-state index in [9.17, 15) is 18.8 Å². The number of ether oxygens (including phenoxy) is 1. The number of fused-ring (bicyclic) bond motifs is 2. The third-order valence-corrected chi connectivity index (χ3v) is 7.39. The highest BCUT2D eigenvalue weighted by atomic mass is 32.1. The molecule has 34 heavy (non-hydrogen) atoms. The lowest BCUT2D eigenvalue weighted by Gasteiger charge is -2.10. The van der Waals surface area contributed by atoms with Crippen molar-refractivity contribution in [3.8, 4) is 5.69 Å². The van der Waals surface area contributed by atoms with Crippen LogP contribution in [-0.4, -0.2) is 32.5 Å². The van der Waals surface area contributed by atoms with Crippen LogP contribution in [0.2, 0.25) is 0 Å². The normalized spacial score (nSPS) is 12.8. The minimum atomic E-state index is -0.655. The maximum atomic E-state index is 13.7. The van der Waals surface area contributed by atoms with Gasteiger partial charge in [-0.3, -0.25) is 14.2 Å². The number of hydrogen-bond donors (Lipinski definition) is 0. The number of carbonyl (C=O) groups is 2. The van der Waals surface area contributed by atoms with Gasteiger partial charge in [-0.2, -0.15) is 0 Å². The van der Waals surface area contributed by atoms with E-state index in [1.54, 1.807) is 41.2 Å². The first-order chi connectivity index (χ1) is 16.3. The van der Waals surface area contributed by atoms with Gasteiger partial charge in [0.15, 0.2) is 6.61 Å². The van der Waals surface area contributed by atoms with Gasteiger partial charge >= 0.3 is 5.97 Å². The van der Waals surface area contributed by atoms with Crippen molar-refractivity contribution >= 4 is 33.3 Å². The molecule has 0 unspecified atom stereocenters. The van der Waals surface area contributed by atoms with Crippen LogP contribution < -0.4 is 5.56 Å². The van der Waals surface area contributed by atoms with Crippen molar-refractivity contribution < 1.29 is 18.7 Å². The number of halogens is 1. The molecule has 9 heteroatoms. The van der Waals surface area contributed by atoms with Gasteiger partial charge < -0.3 is 9.30 Å². The molecule has 0 amide bonds. The zero-order valence-electron chi connectivity index (χ0n) is 19.0. The summed E-state index contributed by atoms with van der Waals surface area (Å²) in [6.45, 7) is 5.48. The molecule has 0 atom stereocenters. The van der Waals surface area contributed by atoms with E-state index in [2.05, 4.69) is 4.98 Å². The summed E-state index contributed by atoms with van der Waals surface area (Å²) in [7, 11) is 0. The van der Waals surface area contributed by atoms with Crippen LogP contribution in [0.3, 0.4) is 0 Å². The predicted molar refractivity (Wildman–Crippen MR) is 127 cm³/mol. The smallest absolute Gasteiger partial charge is 0.349 e. The van der Waals surface area contributed by atoms with E-state index >= 15 is 0 Å². The Hall–Kier alpha value is -3.59. The van der Waals surface area contributed by atoms with Crippen LogP contribution in [0.5, 0.6) is 0 Å². The fourth-order valence-electron chi connectivity index (χ4n) is 4.60. The Labute approximate surface area is 198 Å². The molecule has 0 saturated heterocycles.